The van der Waals surface area contributed by atoms with Crippen LogP contribution in [-0.4, -0.2) is 79.5 Å². The fraction of sp³-hybridized carbons (Fsp3) is 0.333. The summed E-state index contributed by atoms with van der Waals surface area (Å²) < 4.78 is 7.03. The third kappa shape index (κ3) is 5.28. The summed E-state index contributed by atoms with van der Waals surface area (Å²) in [7, 11) is 0. The second kappa shape index (κ2) is 11.5. The molecule has 3 N–H and O–H groups in total. The third-order valence-corrected chi connectivity index (χ3v) is 7.70. The number of carbonyl (C=O) groups excluding carboxylic acids is 1. The molecule has 2 saturated heterocycles. The van der Waals surface area contributed by atoms with Crippen LogP contribution in [0.5, 0.6) is 0 Å². The molecule has 2 fully saturated rings. The van der Waals surface area contributed by atoms with Crippen LogP contribution < -0.4 is 31.2 Å². The Bertz CT molecular complexity index is 1610. The minimum Gasteiger partial charge on any atom is -0.462 e. The Morgan fingerprint density at radius 1 is 0.927 bits per heavy atom. The first-order valence-corrected chi connectivity index (χ1v) is 14.0. The van der Waals surface area contributed by atoms with Gasteiger partial charge in [-0.1, -0.05) is 6.07 Å². The number of ether oxygens (including phenoxy) is 1. The van der Waals surface area contributed by atoms with Crippen molar-refractivity contribution in [1.29, 1.82) is 0 Å². The number of fused-ring (bicyclic) bond motifs is 1. The molecular formula is C30H34N8O3. The van der Waals surface area contributed by atoms with E-state index in [1.54, 1.807) is 31.6 Å². The summed E-state index contributed by atoms with van der Waals surface area (Å²) in [6, 6.07) is 13.5. The van der Waals surface area contributed by atoms with Crippen LogP contribution in [0.25, 0.3) is 16.7 Å². The van der Waals surface area contributed by atoms with Crippen LogP contribution in [0.3, 0.4) is 0 Å². The minimum absolute atomic E-state index is 0.0511. The molecule has 6 rings (SSSR count). The number of nitrogens with two attached hydrogens (primary N) is 1. The van der Waals surface area contributed by atoms with Crippen molar-refractivity contribution in [3.8, 4) is 5.82 Å². The van der Waals surface area contributed by atoms with Gasteiger partial charge >= 0.3 is 5.97 Å². The molecule has 11 nitrogen and oxygen atoms in total. The lowest BCUT2D eigenvalue weighted by Gasteiger charge is -2.37. The molecule has 3 aromatic heterocycles. The van der Waals surface area contributed by atoms with Gasteiger partial charge in [0.2, 0.25) is 5.43 Å². The van der Waals surface area contributed by atoms with Crippen molar-refractivity contribution >= 4 is 39.8 Å². The number of hydrogen-bond donors (Lipinski definition) is 2. The topological polar surface area (TPSA) is 122 Å². The van der Waals surface area contributed by atoms with Crippen molar-refractivity contribution in [2.24, 2.45) is 0 Å². The lowest BCUT2D eigenvalue weighted by molar-refractivity contribution is 0.0524. The SMILES string of the molecule is CCOC(=O)c1cn(-c2cc(N3CCNCC3)ccn2)c2cc(N3CCN(c4ccccn4)CC3)c(N)cc2c1=O. The lowest BCUT2D eigenvalue weighted by atomic mass is 10.1. The number of carbonyl (C=O) groups is 1. The highest BCUT2D eigenvalue weighted by Gasteiger charge is 2.24. The number of nitrogen functional groups attached to an aromatic ring is 1. The molecule has 5 heterocycles. The zero-order valence-corrected chi connectivity index (χ0v) is 23.1. The Morgan fingerprint density at radius 3 is 2.41 bits per heavy atom. The molecule has 0 unspecified atom stereocenters. The zero-order chi connectivity index (χ0) is 28.3. The number of esters is 1. The van der Waals surface area contributed by atoms with Gasteiger partial charge in [-0.25, -0.2) is 14.8 Å². The van der Waals surface area contributed by atoms with E-state index >= 15 is 0 Å². The molecule has 41 heavy (non-hydrogen) atoms. The molecule has 212 valence electrons. The highest BCUT2D eigenvalue weighted by Crippen LogP contribution is 2.31. The lowest BCUT2D eigenvalue weighted by Crippen LogP contribution is -2.47. The van der Waals surface area contributed by atoms with E-state index in [1.807, 2.05) is 41.0 Å². The monoisotopic (exact) mass is 554 g/mol. The van der Waals surface area contributed by atoms with Crippen LogP contribution in [0.1, 0.15) is 17.3 Å². The van der Waals surface area contributed by atoms with Gasteiger partial charge in [-0.05, 0) is 37.3 Å². The largest absolute Gasteiger partial charge is 0.462 e. The van der Waals surface area contributed by atoms with Crippen molar-refractivity contribution in [1.82, 2.24) is 19.9 Å². The van der Waals surface area contributed by atoms with Crippen LogP contribution in [0.15, 0.2) is 65.8 Å². The quantitative estimate of drug-likeness (QED) is 0.271. The first-order valence-electron chi connectivity index (χ1n) is 14.0. The molecule has 2 aliphatic rings. The Morgan fingerprint density at radius 2 is 1.68 bits per heavy atom. The summed E-state index contributed by atoms with van der Waals surface area (Å²) in [4.78, 5) is 42.3. The molecule has 0 radical (unpaired) electrons. The van der Waals surface area contributed by atoms with Gasteiger partial charge in [-0.2, -0.15) is 0 Å². The first-order chi connectivity index (χ1) is 20.0. The molecule has 0 aliphatic carbocycles. The van der Waals surface area contributed by atoms with E-state index in [0.29, 0.717) is 22.4 Å². The van der Waals surface area contributed by atoms with Crippen LogP contribution in [0.2, 0.25) is 0 Å². The van der Waals surface area contributed by atoms with Crippen molar-refractivity contribution in [3.63, 3.8) is 0 Å². The Hall–Kier alpha value is -4.64. The highest BCUT2D eigenvalue weighted by atomic mass is 16.5. The normalized spacial score (nSPS) is 15.8. The number of rotatable bonds is 6. The Balaban J connectivity index is 1.42. The predicted molar refractivity (Wildman–Crippen MR) is 161 cm³/mol. The van der Waals surface area contributed by atoms with Gasteiger partial charge in [0.25, 0.3) is 0 Å². The molecule has 0 amide bonds. The van der Waals surface area contributed by atoms with Crippen LogP contribution >= 0.6 is 0 Å². The van der Waals surface area contributed by atoms with Gasteiger partial charge in [0.15, 0.2) is 0 Å². The van der Waals surface area contributed by atoms with Crippen LogP contribution in [0, 0.1) is 0 Å². The third-order valence-electron chi connectivity index (χ3n) is 7.70. The van der Waals surface area contributed by atoms with Crippen molar-refractivity contribution in [2.75, 3.05) is 79.4 Å². The van der Waals surface area contributed by atoms with Gasteiger partial charge in [0.1, 0.15) is 17.2 Å². The van der Waals surface area contributed by atoms with Gasteiger partial charge in [0, 0.05) is 88.1 Å². The van der Waals surface area contributed by atoms with Crippen LogP contribution in [-0.2, 0) is 4.74 Å². The van der Waals surface area contributed by atoms with Gasteiger partial charge in [0.05, 0.1) is 23.5 Å². The Labute approximate surface area is 238 Å². The van der Waals surface area contributed by atoms with E-state index in [4.69, 9.17) is 10.5 Å². The van der Waals surface area contributed by atoms with E-state index in [2.05, 4.69) is 30.0 Å². The first kappa shape index (κ1) is 26.6. The second-order valence-corrected chi connectivity index (χ2v) is 10.2. The van der Waals surface area contributed by atoms with E-state index in [9.17, 15) is 9.59 Å². The van der Waals surface area contributed by atoms with Crippen molar-refractivity contribution in [2.45, 2.75) is 6.92 Å². The van der Waals surface area contributed by atoms with Crippen molar-refractivity contribution in [3.05, 3.63) is 76.8 Å². The summed E-state index contributed by atoms with van der Waals surface area (Å²) in [5, 5.41) is 3.72. The number of anilines is 4. The summed E-state index contributed by atoms with van der Waals surface area (Å²) in [6.07, 6.45) is 5.11. The maximum absolute atomic E-state index is 13.5. The summed E-state index contributed by atoms with van der Waals surface area (Å²) in [5.74, 6) is 0.890. The van der Waals surface area contributed by atoms with E-state index in [1.165, 1.54) is 0 Å². The number of aromatic nitrogens is 3. The smallest absolute Gasteiger partial charge is 0.343 e. The molecule has 11 heteroatoms. The number of nitrogens with zero attached hydrogens (tertiary/aromatic N) is 6. The molecule has 4 aromatic rings. The molecule has 0 bridgehead atoms. The molecule has 0 atom stereocenters. The average Bonchev–Trinajstić information content (AvgIpc) is 3.02. The number of benzene rings is 1. The predicted octanol–water partition coefficient (Wildman–Crippen LogP) is 2.28. The standard InChI is InChI=1S/C30H34N8O3/c1-2-41-30(40)23-20-38(28-17-21(6-8-34-28)35-11-9-32-10-12-35)25-19-26(24(31)18-22(25)29(23)39)36-13-15-37(16-14-36)27-5-3-4-7-33-27/h3-8,17-20,32H,2,9-16,31H2,1H3. The fourth-order valence-electron chi connectivity index (χ4n) is 5.57. The van der Waals surface area contributed by atoms with Crippen molar-refractivity contribution < 1.29 is 9.53 Å². The van der Waals surface area contributed by atoms with Gasteiger partial charge in [-0.3, -0.25) is 9.36 Å². The van der Waals surface area contributed by atoms with Gasteiger partial charge in [-0.15, -0.1) is 0 Å². The maximum atomic E-state index is 13.5. The molecule has 0 saturated carbocycles. The molecule has 0 spiro atoms. The van der Waals surface area contributed by atoms with E-state index in [-0.39, 0.29) is 12.2 Å². The summed E-state index contributed by atoms with van der Waals surface area (Å²) in [5.41, 5.74) is 9.09. The zero-order valence-electron chi connectivity index (χ0n) is 23.1. The molecule has 1 aromatic carbocycles. The number of nitrogens with one attached hydrogen (secondary N) is 1. The second-order valence-electron chi connectivity index (χ2n) is 10.2. The van der Waals surface area contributed by atoms with Gasteiger partial charge < -0.3 is 30.5 Å². The fourth-order valence-corrected chi connectivity index (χ4v) is 5.57. The highest BCUT2D eigenvalue weighted by molar-refractivity contribution is 5.97. The Kier molecular flexibility index (Phi) is 7.43. The summed E-state index contributed by atoms with van der Waals surface area (Å²) >= 11 is 0. The number of pyridine rings is 3. The van der Waals surface area contributed by atoms with E-state index < -0.39 is 11.4 Å². The number of hydrogen-bond acceptors (Lipinski definition) is 10. The minimum atomic E-state index is -0.667. The molecule has 2 aliphatic heterocycles. The van der Waals surface area contributed by atoms with E-state index in [0.717, 1.165) is 69.6 Å². The average molecular weight is 555 g/mol. The summed E-state index contributed by atoms with van der Waals surface area (Å²) in [6.45, 7) is 8.52. The van der Waals surface area contributed by atoms with Crippen LogP contribution in [0.4, 0.5) is 22.9 Å². The maximum Gasteiger partial charge on any atom is 0.343 e. The number of piperazine rings is 2. The molecular weight excluding hydrogens is 520 g/mol.